The minimum Gasteiger partial charge on any atom is -0.480 e. The quantitative estimate of drug-likeness (QED) is 0.632. The molecule has 8 heteroatoms. The number of rotatable bonds is 6. The molecular formula is C10H18N2O5S. The van der Waals surface area contributed by atoms with Gasteiger partial charge in [-0.2, -0.15) is 0 Å². The number of carboxylic acids is 1. The van der Waals surface area contributed by atoms with Crippen molar-refractivity contribution in [2.24, 2.45) is 5.73 Å². The summed E-state index contributed by atoms with van der Waals surface area (Å²) in [5.74, 6) is -1.61. The molecule has 0 radical (unpaired) electrons. The molecule has 0 aromatic heterocycles. The van der Waals surface area contributed by atoms with Crippen LogP contribution in [0.4, 0.5) is 0 Å². The summed E-state index contributed by atoms with van der Waals surface area (Å²) in [5.41, 5.74) is 5.29. The highest BCUT2D eigenvalue weighted by Crippen LogP contribution is 2.18. The lowest BCUT2D eigenvalue weighted by molar-refractivity contribution is -0.145. The van der Waals surface area contributed by atoms with Crippen molar-refractivity contribution in [3.8, 4) is 0 Å². The molecule has 0 spiro atoms. The fraction of sp³-hybridized carbons (Fsp3) is 0.800. The number of hydrogen-bond donors (Lipinski definition) is 2. The van der Waals surface area contributed by atoms with Crippen molar-refractivity contribution in [2.45, 2.75) is 25.3 Å². The molecule has 7 nitrogen and oxygen atoms in total. The van der Waals surface area contributed by atoms with Gasteiger partial charge in [-0.25, -0.2) is 8.42 Å². The molecule has 104 valence electrons. The van der Waals surface area contributed by atoms with E-state index in [1.54, 1.807) is 0 Å². The molecule has 1 aliphatic heterocycles. The number of sulfone groups is 1. The van der Waals surface area contributed by atoms with Crippen molar-refractivity contribution in [3.05, 3.63) is 0 Å². The summed E-state index contributed by atoms with van der Waals surface area (Å²) >= 11 is 0. The molecule has 0 aromatic rings. The summed E-state index contributed by atoms with van der Waals surface area (Å²) in [6.07, 6.45) is 0.929. The largest absolute Gasteiger partial charge is 0.480 e. The van der Waals surface area contributed by atoms with E-state index in [1.807, 2.05) is 0 Å². The van der Waals surface area contributed by atoms with Crippen LogP contribution < -0.4 is 5.73 Å². The minimum atomic E-state index is -3.14. The highest BCUT2D eigenvalue weighted by molar-refractivity contribution is 7.91. The van der Waals surface area contributed by atoms with Crippen LogP contribution in [0.25, 0.3) is 0 Å². The van der Waals surface area contributed by atoms with E-state index in [2.05, 4.69) is 0 Å². The molecule has 1 unspecified atom stereocenters. The van der Waals surface area contributed by atoms with Crippen LogP contribution in [-0.2, 0) is 19.4 Å². The predicted molar refractivity (Wildman–Crippen MR) is 64.7 cm³/mol. The second-order valence-electron chi connectivity index (χ2n) is 4.36. The molecule has 1 aliphatic rings. The second kappa shape index (κ2) is 6.14. The van der Waals surface area contributed by atoms with Gasteiger partial charge >= 0.3 is 5.97 Å². The van der Waals surface area contributed by atoms with E-state index in [9.17, 15) is 18.0 Å². The van der Waals surface area contributed by atoms with E-state index < -0.39 is 28.4 Å². The van der Waals surface area contributed by atoms with Crippen LogP contribution >= 0.6 is 0 Å². The Kier molecular flexibility index (Phi) is 5.09. The Bertz CT molecular complexity index is 420. The Morgan fingerprint density at radius 1 is 1.39 bits per heavy atom. The number of aliphatic carboxylic acids is 1. The van der Waals surface area contributed by atoms with Crippen molar-refractivity contribution in [2.75, 3.05) is 24.6 Å². The summed E-state index contributed by atoms with van der Waals surface area (Å²) in [6, 6.07) is -0.517. The van der Waals surface area contributed by atoms with Gasteiger partial charge in [0.05, 0.1) is 11.5 Å². The van der Waals surface area contributed by atoms with E-state index in [1.165, 1.54) is 0 Å². The van der Waals surface area contributed by atoms with Gasteiger partial charge in [-0.05, 0) is 19.4 Å². The number of carbonyl (C=O) groups is 2. The van der Waals surface area contributed by atoms with Crippen molar-refractivity contribution in [1.82, 2.24) is 4.90 Å². The molecule has 0 saturated carbocycles. The third kappa shape index (κ3) is 4.26. The normalized spacial score (nSPS) is 21.7. The maximum Gasteiger partial charge on any atom is 0.323 e. The topological polar surface area (TPSA) is 118 Å². The molecule has 0 bridgehead atoms. The monoisotopic (exact) mass is 278 g/mol. The fourth-order valence-electron chi connectivity index (χ4n) is 1.98. The first-order valence-corrected chi connectivity index (χ1v) is 7.59. The SMILES string of the molecule is NCCCC(=O)N(CC(=O)O)C1CCS(=O)(=O)C1. The molecular weight excluding hydrogens is 260 g/mol. The lowest BCUT2D eigenvalue weighted by Crippen LogP contribution is -2.44. The first-order valence-electron chi connectivity index (χ1n) is 5.77. The van der Waals surface area contributed by atoms with Crippen LogP contribution in [0.1, 0.15) is 19.3 Å². The van der Waals surface area contributed by atoms with Crippen molar-refractivity contribution >= 4 is 21.7 Å². The minimum absolute atomic E-state index is 0.0119. The number of hydrogen-bond acceptors (Lipinski definition) is 5. The summed E-state index contributed by atoms with van der Waals surface area (Å²) in [5, 5.41) is 8.78. The van der Waals surface area contributed by atoms with Gasteiger partial charge in [0.25, 0.3) is 0 Å². The molecule has 0 aromatic carbocycles. The lowest BCUT2D eigenvalue weighted by Gasteiger charge is -2.26. The number of carboxylic acid groups (broad SMARTS) is 1. The molecule has 1 atom stereocenters. The predicted octanol–water partition coefficient (Wildman–Crippen LogP) is -1.17. The average molecular weight is 278 g/mol. The lowest BCUT2D eigenvalue weighted by atomic mass is 10.2. The Morgan fingerprint density at radius 3 is 2.50 bits per heavy atom. The van der Waals surface area contributed by atoms with E-state index in [0.717, 1.165) is 4.90 Å². The third-order valence-electron chi connectivity index (χ3n) is 2.87. The van der Waals surface area contributed by atoms with Crippen molar-refractivity contribution in [3.63, 3.8) is 0 Å². The van der Waals surface area contributed by atoms with Crippen molar-refractivity contribution in [1.29, 1.82) is 0 Å². The summed E-state index contributed by atoms with van der Waals surface area (Å²) in [7, 11) is -3.14. The maximum atomic E-state index is 11.8. The molecule has 1 saturated heterocycles. The molecule has 1 fully saturated rings. The highest BCUT2D eigenvalue weighted by atomic mass is 32.2. The average Bonchev–Trinajstić information content (AvgIpc) is 2.63. The first kappa shape index (κ1) is 14.9. The molecule has 18 heavy (non-hydrogen) atoms. The summed E-state index contributed by atoms with van der Waals surface area (Å²) in [4.78, 5) is 23.7. The van der Waals surface area contributed by atoms with E-state index in [-0.39, 0.29) is 23.8 Å². The van der Waals surface area contributed by atoms with Gasteiger partial charge in [0, 0.05) is 12.5 Å². The number of nitrogens with zero attached hydrogens (tertiary/aromatic N) is 1. The van der Waals surface area contributed by atoms with Crippen LogP contribution in [-0.4, -0.2) is 60.9 Å². The highest BCUT2D eigenvalue weighted by Gasteiger charge is 2.35. The zero-order chi connectivity index (χ0) is 13.8. The van der Waals surface area contributed by atoms with Gasteiger partial charge in [-0.3, -0.25) is 9.59 Å². The zero-order valence-corrected chi connectivity index (χ0v) is 10.9. The molecule has 3 N–H and O–H groups in total. The standard InChI is InChI=1S/C10H18N2O5S/c11-4-1-2-9(13)12(6-10(14)15)8-3-5-18(16,17)7-8/h8H,1-7,11H2,(H,14,15). The molecule has 0 aliphatic carbocycles. The van der Waals surface area contributed by atoms with Gasteiger partial charge < -0.3 is 15.7 Å². The Labute approximate surface area is 106 Å². The zero-order valence-electron chi connectivity index (χ0n) is 10.0. The van der Waals surface area contributed by atoms with Crippen LogP contribution in [0.15, 0.2) is 0 Å². The van der Waals surface area contributed by atoms with Crippen LogP contribution in [0.2, 0.25) is 0 Å². The molecule has 1 rings (SSSR count). The van der Waals surface area contributed by atoms with Gasteiger partial charge in [-0.15, -0.1) is 0 Å². The Morgan fingerprint density at radius 2 is 2.06 bits per heavy atom. The van der Waals surface area contributed by atoms with E-state index in [0.29, 0.717) is 19.4 Å². The smallest absolute Gasteiger partial charge is 0.323 e. The summed E-state index contributed by atoms with van der Waals surface area (Å²) in [6.45, 7) is -0.112. The van der Waals surface area contributed by atoms with Gasteiger partial charge in [-0.1, -0.05) is 0 Å². The number of amides is 1. The van der Waals surface area contributed by atoms with Crippen molar-refractivity contribution < 1.29 is 23.1 Å². The maximum absolute atomic E-state index is 11.8. The van der Waals surface area contributed by atoms with Gasteiger partial charge in [0.2, 0.25) is 5.91 Å². The second-order valence-corrected chi connectivity index (χ2v) is 6.59. The van der Waals surface area contributed by atoms with Gasteiger partial charge in [0.15, 0.2) is 9.84 Å². The number of carbonyl (C=O) groups excluding carboxylic acids is 1. The third-order valence-corrected chi connectivity index (χ3v) is 4.62. The van der Waals surface area contributed by atoms with E-state index >= 15 is 0 Å². The van der Waals surface area contributed by atoms with E-state index in [4.69, 9.17) is 10.8 Å². The summed E-state index contributed by atoms with van der Waals surface area (Å²) < 4.78 is 22.7. The Balaban J connectivity index is 2.72. The molecule has 1 amide bonds. The first-order chi connectivity index (χ1) is 8.35. The Hall–Kier alpha value is -1.15. The van der Waals surface area contributed by atoms with Gasteiger partial charge in [0.1, 0.15) is 6.54 Å². The molecule has 1 heterocycles. The van der Waals surface area contributed by atoms with Crippen LogP contribution in [0.5, 0.6) is 0 Å². The van der Waals surface area contributed by atoms with Crippen LogP contribution in [0, 0.1) is 0 Å². The van der Waals surface area contributed by atoms with Crippen LogP contribution in [0.3, 0.4) is 0 Å². The number of nitrogens with two attached hydrogens (primary N) is 1. The fourth-order valence-corrected chi connectivity index (χ4v) is 3.72.